The van der Waals surface area contributed by atoms with E-state index in [4.69, 9.17) is 4.74 Å². The number of hydrogen-bond acceptors (Lipinski definition) is 4. The van der Waals surface area contributed by atoms with E-state index in [9.17, 15) is 14.4 Å². The molecule has 1 saturated heterocycles. The zero-order valence-electron chi connectivity index (χ0n) is 19.6. The molecule has 1 unspecified atom stereocenters. The SMILES string of the molecule is CCCNC(=O)C(NC(=O)c1ccc(C)cc1)C1CCN(C(=O)c2ccccc2OC)CC1. The van der Waals surface area contributed by atoms with E-state index in [0.29, 0.717) is 49.4 Å². The molecule has 7 nitrogen and oxygen atoms in total. The van der Waals surface area contributed by atoms with Crippen LogP contribution in [-0.4, -0.2) is 55.4 Å². The third kappa shape index (κ3) is 6.12. The van der Waals surface area contributed by atoms with Crippen LogP contribution in [-0.2, 0) is 4.79 Å². The van der Waals surface area contributed by atoms with Crippen LogP contribution in [0.4, 0.5) is 0 Å². The van der Waals surface area contributed by atoms with Crippen LogP contribution in [0.1, 0.15) is 52.5 Å². The Balaban J connectivity index is 1.69. The molecule has 1 atom stereocenters. The Morgan fingerprint density at radius 2 is 1.73 bits per heavy atom. The van der Waals surface area contributed by atoms with Crippen molar-refractivity contribution >= 4 is 17.7 Å². The lowest BCUT2D eigenvalue weighted by molar-refractivity contribution is -0.124. The lowest BCUT2D eigenvalue weighted by Crippen LogP contribution is -2.54. The van der Waals surface area contributed by atoms with Gasteiger partial charge in [0.2, 0.25) is 5.91 Å². The fourth-order valence-corrected chi connectivity index (χ4v) is 4.11. The molecular weight excluding hydrogens is 418 g/mol. The molecule has 0 aliphatic carbocycles. The molecule has 1 aliphatic heterocycles. The van der Waals surface area contributed by atoms with Crippen molar-refractivity contribution in [3.05, 3.63) is 65.2 Å². The maximum atomic E-state index is 13.0. The quantitative estimate of drug-likeness (QED) is 0.645. The van der Waals surface area contributed by atoms with E-state index in [0.717, 1.165) is 12.0 Å². The van der Waals surface area contributed by atoms with Crippen molar-refractivity contribution in [3.8, 4) is 5.75 Å². The molecule has 1 fully saturated rings. The van der Waals surface area contributed by atoms with Gasteiger partial charge in [-0.2, -0.15) is 0 Å². The highest BCUT2D eigenvalue weighted by atomic mass is 16.5. The largest absolute Gasteiger partial charge is 0.496 e. The van der Waals surface area contributed by atoms with E-state index in [2.05, 4.69) is 10.6 Å². The van der Waals surface area contributed by atoms with Crippen molar-refractivity contribution < 1.29 is 19.1 Å². The molecule has 33 heavy (non-hydrogen) atoms. The topological polar surface area (TPSA) is 87.7 Å². The average Bonchev–Trinajstić information content (AvgIpc) is 2.85. The number of carbonyl (C=O) groups excluding carboxylic acids is 3. The Morgan fingerprint density at radius 3 is 2.36 bits per heavy atom. The third-order valence-electron chi connectivity index (χ3n) is 6.07. The molecule has 176 valence electrons. The number of amides is 3. The van der Waals surface area contributed by atoms with Gasteiger partial charge in [-0.1, -0.05) is 36.8 Å². The summed E-state index contributed by atoms with van der Waals surface area (Å²) in [6, 6.07) is 13.8. The number of nitrogens with one attached hydrogen (secondary N) is 2. The summed E-state index contributed by atoms with van der Waals surface area (Å²) in [4.78, 5) is 40.6. The van der Waals surface area contributed by atoms with Crippen LogP contribution in [0.25, 0.3) is 0 Å². The zero-order chi connectivity index (χ0) is 23.8. The lowest BCUT2D eigenvalue weighted by atomic mass is 9.88. The smallest absolute Gasteiger partial charge is 0.257 e. The first kappa shape index (κ1) is 24.3. The highest BCUT2D eigenvalue weighted by Crippen LogP contribution is 2.25. The summed E-state index contributed by atoms with van der Waals surface area (Å²) < 4.78 is 5.33. The minimum Gasteiger partial charge on any atom is -0.496 e. The maximum Gasteiger partial charge on any atom is 0.257 e. The predicted octanol–water partition coefficient (Wildman–Crippen LogP) is 3.18. The first-order valence-corrected chi connectivity index (χ1v) is 11.5. The number of para-hydroxylation sites is 1. The summed E-state index contributed by atoms with van der Waals surface area (Å²) in [6.45, 7) is 5.53. The van der Waals surface area contributed by atoms with Gasteiger partial charge in [-0.25, -0.2) is 0 Å². The van der Waals surface area contributed by atoms with Gasteiger partial charge in [0.25, 0.3) is 11.8 Å². The van der Waals surface area contributed by atoms with Gasteiger partial charge in [-0.3, -0.25) is 14.4 Å². The number of carbonyl (C=O) groups is 3. The fraction of sp³-hybridized carbons (Fsp3) is 0.423. The van der Waals surface area contributed by atoms with Gasteiger partial charge in [0.15, 0.2) is 0 Å². The van der Waals surface area contributed by atoms with Gasteiger partial charge < -0.3 is 20.3 Å². The van der Waals surface area contributed by atoms with Crippen molar-refractivity contribution in [2.75, 3.05) is 26.7 Å². The summed E-state index contributed by atoms with van der Waals surface area (Å²) in [5.41, 5.74) is 2.12. The highest BCUT2D eigenvalue weighted by Gasteiger charge is 2.34. The molecule has 0 saturated carbocycles. The minimum absolute atomic E-state index is 0.0574. The highest BCUT2D eigenvalue weighted by molar-refractivity contribution is 5.98. The third-order valence-corrected chi connectivity index (χ3v) is 6.07. The number of ether oxygens (including phenoxy) is 1. The second kappa shape index (κ2) is 11.5. The summed E-state index contributed by atoms with van der Waals surface area (Å²) in [7, 11) is 1.55. The second-order valence-corrected chi connectivity index (χ2v) is 8.44. The number of nitrogens with zero attached hydrogens (tertiary/aromatic N) is 1. The van der Waals surface area contributed by atoms with Crippen molar-refractivity contribution in [3.63, 3.8) is 0 Å². The number of rotatable bonds is 8. The summed E-state index contributed by atoms with van der Waals surface area (Å²) in [6.07, 6.45) is 2.06. The Bertz CT molecular complexity index is 966. The molecule has 1 heterocycles. The molecule has 1 aliphatic rings. The van der Waals surface area contributed by atoms with E-state index in [1.54, 1.807) is 36.3 Å². The normalized spacial score (nSPS) is 14.9. The van der Waals surface area contributed by atoms with E-state index < -0.39 is 6.04 Å². The van der Waals surface area contributed by atoms with Crippen molar-refractivity contribution in [1.29, 1.82) is 0 Å². The molecule has 0 aromatic heterocycles. The molecule has 0 radical (unpaired) electrons. The monoisotopic (exact) mass is 451 g/mol. The van der Waals surface area contributed by atoms with Crippen molar-refractivity contribution in [1.82, 2.24) is 15.5 Å². The van der Waals surface area contributed by atoms with Crippen molar-refractivity contribution in [2.45, 2.75) is 39.2 Å². The first-order chi connectivity index (χ1) is 15.9. The van der Waals surface area contributed by atoms with E-state index >= 15 is 0 Å². The van der Waals surface area contributed by atoms with Crippen LogP contribution >= 0.6 is 0 Å². The Morgan fingerprint density at radius 1 is 1.06 bits per heavy atom. The van der Waals surface area contributed by atoms with Gasteiger partial charge in [-0.05, 0) is 56.4 Å². The van der Waals surface area contributed by atoms with Gasteiger partial charge >= 0.3 is 0 Å². The molecule has 2 aromatic rings. The van der Waals surface area contributed by atoms with Crippen LogP contribution in [0.2, 0.25) is 0 Å². The molecule has 0 bridgehead atoms. The summed E-state index contributed by atoms with van der Waals surface area (Å²) in [5.74, 6) is -0.0302. The Labute approximate surface area is 195 Å². The van der Waals surface area contributed by atoms with Crippen LogP contribution in [0.15, 0.2) is 48.5 Å². The zero-order valence-corrected chi connectivity index (χ0v) is 19.6. The maximum absolute atomic E-state index is 13.0. The van der Waals surface area contributed by atoms with E-state index in [1.807, 2.05) is 38.1 Å². The predicted molar refractivity (Wildman–Crippen MR) is 127 cm³/mol. The average molecular weight is 452 g/mol. The first-order valence-electron chi connectivity index (χ1n) is 11.5. The van der Waals surface area contributed by atoms with Gasteiger partial charge in [0.05, 0.1) is 12.7 Å². The fourth-order valence-electron chi connectivity index (χ4n) is 4.11. The number of aryl methyl sites for hydroxylation is 1. The Hall–Kier alpha value is -3.35. The number of methoxy groups -OCH3 is 1. The van der Waals surface area contributed by atoms with Gasteiger partial charge in [-0.15, -0.1) is 0 Å². The van der Waals surface area contributed by atoms with Crippen LogP contribution in [0.3, 0.4) is 0 Å². The van der Waals surface area contributed by atoms with E-state index in [1.165, 1.54) is 0 Å². The van der Waals surface area contributed by atoms with E-state index in [-0.39, 0.29) is 23.6 Å². The standard InChI is InChI=1S/C26H33N3O4/c1-4-15-27-25(31)23(28-24(30)20-11-9-18(2)10-12-20)19-13-16-29(17-14-19)26(32)21-7-5-6-8-22(21)33-3/h5-12,19,23H,4,13-17H2,1-3H3,(H,27,31)(H,28,30). The molecule has 7 heteroatoms. The number of benzene rings is 2. The lowest BCUT2D eigenvalue weighted by Gasteiger charge is -2.36. The molecule has 0 spiro atoms. The number of likely N-dealkylation sites (tertiary alicyclic amines) is 1. The Kier molecular flexibility index (Phi) is 8.46. The van der Waals surface area contributed by atoms with Crippen molar-refractivity contribution in [2.24, 2.45) is 5.92 Å². The molecule has 3 rings (SSSR count). The number of hydrogen-bond donors (Lipinski definition) is 2. The summed E-state index contributed by atoms with van der Waals surface area (Å²) >= 11 is 0. The second-order valence-electron chi connectivity index (χ2n) is 8.44. The van der Waals surface area contributed by atoms with Gasteiger partial charge in [0.1, 0.15) is 11.8 Å². The number of piperidine rings is 1. The van der Waals surface area contributed by atoms with Crippen LogP contribution < -0.4 is 15.4 Å². The summed E-state index contributed by atoms with van der Waals surface area (Å²) in [5, 5.41) is 5.87. The van der Waals surface area contributed by atoms with Crippen LogP contribution in [0, 0.1) is 12.8 Å². The molecule has 2 N–H and O–H groups in total. The minimum atomic E-state index is -0.645. The van der Waals surface area contributed by atoms with Crippen LogP contribution in [0.5, 0.6) is 5.75 Å². The molecule has 2 aromatic carbocycles. The van der Waals surface area contributed by atoms with Gasteiger partial charge in [0, 0.05) is 25.2 Å². The molecular formula is C26H33N3O4. The molecule has 3 amide bonds.